The van der Waals surface area contributed by atoms with Crippen molar-refractivity contribution in [1.82, 2.24) is 9.78 Å². The van der Waals surface area contributed by atoms with Gasteiger partial charge in [0, 0.05) is 24.2 Å². The van der Waals surface area contributed by atoms with Gasteiger partial charge in [0.1, 0.15) is 0 Å². The van der Waals surface area contributed by atoms with E-state index in [1.165, 1.54) is 0 Å². The van der Waals surface area contributed by atoms with E-state index in [0.29, 0.717) is 11.4 Å². The lowest BCUT2D eigenvalue weighted by molar-refractivity contribution is 0.175. The largest absolute Gasteiger partial charge is 0.388 e. The van der Waals surface area contributed by atoms with Gasteiger partial charge in [-0.25, -0.2) is 0 Å². The Kier molecular flexibility index (Phi) is 3.73. The molecule has 0 fully saturated rings. The quantitative estimate of drug-likeness (QED) is 0.926. The van der Waals surface area contributed by atoms with Gasteiger partial charge in [0.25, 0.3) is 0 Å². The normalized spacial score (nSPS) is 12.7. The van der Waals surface area contributed by atoms with E-state index in [9.17, 15) is 5.11 Å². The predicted molar refractivity (Wildman–Crippen MR) is 72.8 cm³/mol. The Balaban J connectivity index is 2.21. The number of hydrogen-bond donors (Lipinski definition) is 1. The van der Waals surface area contributed by atoms with Gasteiger partial charge in [0.2, 0.25) is 0 Å². The van der Waals surface area contributed by atoms with E-state index in [2.05, 4.69) is 5.10 Å². The molecule has 18 heavy (non-hydrogen) atoms. The highest BCUT2D eigenvalue weighted by atomic mass is 35.5. The maximum atomic E-state index is 10.3. The van der Waals surface area contributed by atoms with Crippen LogP contribution in [-0.4, -0.2) is 14.9 Å². The van der Waals surface area contributed by atoms with Crippen LogP contribution in [0.1, 0.15) is 28.6 Å². The molecule has 1 heterocycles. The van der Waals surface area contributed by atoms with Gasteiger partial charge >= 0.3 is 0 Å². The second-order valence-corrected chi connectivity index (χ2v) is 5.06. The highest BCUT2D eigenvalue weighted by Gasteiger charge is 2.14. The summed E-state index contributed by atoms with van der Waals surface area (Å²) < 4.78 is 1.81. The number of aliphatic hydroxyl groups excluding tert-OH is 1. The van der Waals surface area contributed by atoms with E-state index in [1.54, 1.807) is 0 Å². The lowest BCUT2D eigenvalue weighted by Gasteiger charge is -2.14. The van der Waals surface area contributed by atoms with Gasteiger partial charge < -0.3 is 5.11 Å². The zero-order chi connectivity index (χ0) is 13.3. The van der Waals surface area contributed by atoms with Crippen LogP contribution in [0.25, 0.3) is 0 Å². The highest BCUT2D eigenvalue weighted by Crippen LogP contribution is 2.24. The van der Waals surface area contributed by atoms with Gasteiger partial charge in [-0.1, -0.05) is 17.7 Å². The van der Waals surface area contributed by atoms with Crippen molar-refractivity contribution in [3.8, 4) is 0 Å². The molecule has 0 aliphatic heterocycles. The lowest BCUT2D eigenvalue weighted by Crippen LogP contribution is -2.07. The van der Waals surface area contributed by atoms with Crippen LogP contribution in [0.2, 0.25) is 5.02 Å². The molecule has 2 rings (SSSR count). The number of halogens is 1. The van der Waals surface area contributed by atoms with E-state index in [1.807, 2.05) is 49.8 Å². The van der Waals surface area contributed by atoms with Crippen LogP contribution in [0, 0.1) is 13.8 Å². The molecule has 0 bridgehead atoms. The Morgan fingerprint density at radius 3 is 2.61 bits per heavy atom. The fraction of sp³-hybridized carbons (Fsp3) is 0.357. The van der Waals surface area contributed by atoms with Crippen LogP contribution in [-0.2, 0) is 13.5 Å². The van der Waals surface area contributed by atoms with Crippen molar-refractivity contribution < 1.29 is 5.11 Å². The monoisotopic (exact) mass is 264 g/mol. The minimum atomic E-state index is -0.530. The summed E-state index contributed by atoms with van der Waals surface area (Å²) >= 11 is 5.91. The summed E-state index contributed by atoms with van der Waals surface area (Å²) in [4.78, 5) is 0. The minimum Gasteiger partial charge on any atom is -0.388 e. The summed E-state index contributed by atoms with van der Waals surface area (Å²) in [7, 11) is 1.89. The molecule has 3 nitrogen and oxygen atoms in total. The number of rotatable bonds is 3. The number of benzene rings is 1. The third-order valence-corrected chi connectivity index (χ3v) is 3.33. The first-order chi connectivity index (χ1) is 8.47. The van der Waals surface area contributed by atoms with Gasteiger partial charge in [-0.3, -0.25) is 4.68 Å². The van der Waals surface area contributed by atoms with E-state index >= 15 is 0 Å². The molecule has 96 valence electrons. The number of hydrogen-bond acceptors (Lipinski definition) is 2. The van der Waals surface area contributed by atoms with Crippen molar-refractivity contribution in [2.75, 3.05) is 0 Å². The van der Waals surface area contributed by atoms with Crippen LogP contribution >= 0.6 is 11.6 Å². The Bertz CT molecular complexity index is 563. The number of aliphatic hydroxyl groups is 1. The van der Waals surface area contributed by atoms with Crippen LogP contribution in [0.15, 0.2) is 24.3 Å². The predicted octanol–water partition coefficient (Wildman–Crippen LogP) is 2.97. The average Bonchev–Trinajstić information content (AvgIpc) is 2.57. The molecule has 1 atom stereocenters. The van der Waals surface area contributed by atoms with E-state index in [4.69, 9.17) is 11.6 Å². The molecule has 0 amide bonds. The van der Waals surface area contributed by atoms with Crippen molar-refractivity contribution in [3.63, 3.8) is 0 Å². The van der Waals surface area contributed by atoms with Gasteiger partial charge in [-0.2, -0.15) is 5.10 Å². The fourth-order valence-electron chi connectivity index (χ4n) is 2.18. The summed E-state index contributed by atoms with van der Waals surface area (Å²) in [6, 6.07) is 7.55. The topological polar surface area (TPSA) is 38.0 Å². The van der Waals surface area contributed by atoms with Crippen molar-refractivity contribution in [2.45, 2.75) is 26.4 Å². The maximum Gasteiger partial charge on any atom is 0.0847 e. The van der Waals surface area contributed by atoms with Gasteiger partial charge in [-0.15, -0.1) is 0 Å². The summed E-state index contributed by atoms with van der Waals surface area (Å²) in [5.74, 6) is 0. The molecule has 0 spiro atoms. The first kappa shape index (κ1) is 13.1. The molecule has 1 N–H and O–H groups in total. The molecule has 0 aliphatic carbocycles. The van der Waals surface area contributed by atoms with Crippen LogP contribution in [0.3, 0.4) is 0 Å². The first-order valence-electron chi connectivity index (χ1n) is 5.91. The van der Waals surface area contributed by atoms with E-state index in [0.717, 1.165) is 22.5 Å². The molecule has 0 radical (unpaired) electrons. The molecule has 4 heteroatoms. The fourth-order valence-corrected chi connectivity index (χ4v) is 2.40. The number of aryl methyl sites for hydroxylation is 3. The maximum absolute atomic E-state index is 10.3. The molecule has 1 aromatic carbocycles. The minimum absolute atomic E-state index is 0.530. The standard InChI is InChI=1S/C14H17ClN2O/c1-9-6-11(15)4-5-13(9)14(18)8-12-7-10(2)16-17(12)3/h4-7,14,18H,8H2,1-3H3. The van der Waals surface area contributed by atoms with Gasteiger partial charge in [0.05, 0.1) is 11.8 Å². The third kappa shape index (κ3) is 2.74. The smallest absolute Gasteiger partial charge is 0.0847 e. The molecule has 2 aromatic rings. The number of aromatic nitrogens is 2. The summed E-state index contributed by atoms with van der Waals surface area (Å²) in [6.07, 6.45) is 0.0249. The molecule has 0 aliphatic rings. The first-order valence-corrected chi connectivity index (χ1v) is 6.29. The van der Waals surface area contributed by atoms with Crippen molar-refractivity contribution in [3.05, 3.63) is 51.8 Å². The van der Waals surface area contributed by atoms with E-state index in [-0.39, 0.29) is 0 Å². The highest BCUT2D eigenvalue weighted by molar-refractivity contribution is 6.30. The summed E-state index contributed by atoms with van der Waals surface area (Å²) in [5, 5.41) is 15.3. The molecular weight excluding hydrogens is 248 g/mol. The van der Waals surface area contributed by atoms with Crippen LogP contribution in [0.5, 0.6) is 0 Å². The number of nitrogens with zero attached hydrogens (tertiary/aromatic N) is 2. The van der Waals surface area contributed by atoms with Crippen molar-refractivity contribution in [2.24, 2.45) is 7.05 Å². The zero-order valence-corrected chi connectivity index (χ0v) is 11.6. The van der Waals surface area contributed by atoms with Gasteiger partial charge in [0.15, 0.2) is 0 Å². The molecule has 1 aromatic heterocycles. The SMILES string of the molecule is Cc1cc(CC(O)c2ccc(Cl)cc2C)n(C)n1. The van der Waals surface area contributed by atoms with Crippen LogP contribution < -0.4 is 0 Å². The Labute approximate surface area is 112 Å². The third-order valence-electron chi connectivity index (χ3n) is 3.09. The average molecular weight is 265 g/mol. The lowest BCUT2D eigenvalue weighted by atomic mass is 10.00. The van der Waals surface area contributed by atoms with Crippen molar-refractivity contribution >= 4 is 11.6 Å². The summed E-state index contributed by atoms with van der Waals surface area (Å²) in [5.41, 5.74) is 3.91. The van der Waals surface area contributed by atoms with Crippen molar-refractivity contribution in [1.29, 1.82) is 0 Å². The Hall–Kier alpha value is -1.32. The van der Waals surface area contributed by atoms with Crippen LogP contribution in [0.4, 0.5) is 0 Å². The second-order valence-electron chi connectivity index (χ2n) is 4.62. The van der Waals surface area contributed by atoms with Gasteiger partial charge in [-0.05, 0) is 43.2 Å². The molecule has 0 saturated heterocycles. The van der Waals surface area contributed by atoms with E-state index < -0.39 is 6.10 Å². The molecule has 1 unspecified atom stereocenters. The summed E-state index contributed by atoms with van der Waals surface area (Å²) in [6.45, 7) is 3.91. The molecular formula is C14H17ClN2O. The second kappa shape index (κ2) is 5.12. The Morgan fingerprint density at radius 2 is 2.06 bits per heavy atom. The zero-order valence-electron chi connectivity index (χ0n) is 10.8. The Morgan fingerprint density at radius 1 is 1.33 bits per heavy atom. The molecule has 0 saturated carbocycles.